The van der Waals surface area contributed by atoms with E-state index in [0.717, 1.165) is 12.4 Å². The monoisotopic (exact) mass is 250 g/mol. The standard InChI is InChI=1S/C14H18O4/c1-10(2)7-18-14(15)11-3-5-12(6-4-11)16-8-13-9-17-13/h3-6,10,13H,7-9H2,1-2H3/t13-/m0/s1. The first-order valence-corrected chi connectivity index (χ1v) is 6.16. The summed E-state index contributed by atoms with van der Waals surface area (Å²) in [6, 6.07) is 6.97. The van der Waals surface area contributed by atoms with Crippen molar-refractivity contribution in [1.29, 1.82) is 0 Å². The maximum absolute atomic E-state index is 11.7. The van der Waals surface area contributed by atoms with E-state index in [0.29, 0.717) is 24.7 Å². The quantitative estimate of drug-likeness (QED) is 0.574. The molecule has 1 aromatic carbocycles. The highest BCUT2D eigenvalue weighted by Crippen LogP contribution is 2.16. The Morgan fingerprint density at radius 3 is 2.61 bits per heavy atom. The van der Waals surface area contributed by atoms with Crippen molar-refractivity contribution in [2.45, 2.75) is 20.0 Å². The Kier molecular flexibility index (Phi) is 4.20. The van der Waals surface area contributed by atoms with E-state index in [9.17, 15) is 4.79 Å². The summed E-state index contributed by atoms with van der Waals surface area (Å²) in [5.74, 6) is 0.793. The summed E-state index contributed by atoms with van der Waals surface area (Å²) in [5, 5.41) is 0. The van der Waals surface area contributed by atoms with E-state index in [1.807, 2.05) is 13.8 Å². The van der Waals surface area contributed by atoms with Gasteiger partial charge in [0.25, 0.3) is 0 Å². The Morgan fingerprint density at radius 2 is 2.06 bits per heavy atom. The fourth-order valence-corrected chi connectivity index (χ4v) is 1.37. The Bertz CT molecular complexity index is 393. The Balaban J connectivity index is 1.83. The van der Waals surface area contributed by atoms with Gasteiger partial charge in [0.05, 0.1) is 18.8 Å². The average molecular weight is 250 g/mol. The van der Waals surface area contributed by atoms with Crippen molar-refractivity contribution in [2.75, 3.05) is 19.8 Å². The summed E-state index contributed by atoms with van der Waals surface area (Å²) in [4.78, 5) is 11.7. The van der Waals surface area contributed by atoms with Crippen LogP contribution in [0.15, 0.2) is 24.3 Å². The van der Waals surface area contributed by atoms with Gasteiger partial charge < -0.3 is 14.2 Å². The lowest BCUT2D eigenvalue weighted by Gasteiger charge is -2.08. The maximum atomic E-state index is 11.7. The van der Waals surface area contributed by atoms with Crippen LogP contribution in [0.3, 0.4) is 0 Å². The van der Waals surface area contributed by atoms with E-state index < -0.39 is 0 Å². The summed E-state index contributed by atoms with van der Waals surface area (Å²) >= 11 is 0. The molecular formula is C14H18O4. The fraction of sp³-hybridized carbons (Fsp3) is 0.500. The minimum Gasteiger partial charge on any atom is -0.491 e. The highest BCUT2D eigenvalue weighted by Gasteiger charge is 2.23. The van der Waals surface area contributed by atoms with Crippen LogP contribution in [-0.2, 0) is 9.47 Å². The van der Waals surface area contributed by atoms with Crippen LogP contribution < -0.4 is 4.74 Å². The zero-order valence-electron chi connectivity index (χ0n) is 10.7. The molecule has 4 nitrogen and oxygen atoms in total. The maximum Gasteiger partial charge on any atom is 0.338 e. The molecule has 1 aliphatic rings. The van der Waals surface area contributed by atoms with Crippen LogP contribution in [0.1, 0.15) is 24.2 Å². The Morgan fingerprint density at radius 1 is 1.39 bits per heavy atom. The number of carbonyl (C=O) groups is 1. The molecule has 0 spiro atoms. The molecule has 2 rings (SSSR count). The van der Waals surface area contributed by atoms with Crippen molar-refractivity contribution in [3.8, 4) is 5.75 Å². The molecule has 1 saturated heterocycles. The van der Waals surface area contributed by atoms with Gasteiger partial charge in [-0.2, -0.15) is 0 Å². The molecular weight excluding hydrogens is 232 g/mol. The number of esters is 1. The zero-order valence-corrected chi connectivity index (χ0v) is 10.7. The van der Waals surface area contributed by atoms with Crippen molar-refractivity contribution in [3.05, 3.63) is 29.8 Å². The molecule has 0 unspecified atom stereocenters. The van der Waals surface area contributed by atoms with Crippen molar-refractivity contribution < 1.29 is 19.0 Å². The number of hydrogen-bond donors (Lipinski definition) is 0. The molecule has 98 valence electrons. The molecule has 18 heavy (non-hydrogen) atoms. The van der Waals surface area contributed by atoms with Crippen LogP contribution in [0.2, 0.25) is 0 Å². The van der Waals surface area contributed by atoms with Crippen molar-refractivity contribution in [1.82, 2.24) is 0 Å². The molecule has 0 aliphatic carbocycles. The third kappa shape index (κ3) is 4.04. The number of rotatable bonds is 6. The van der Waals surface area contributed by atoms with Crippen LogP contribution in [0.4, 0.5) is 0 Å². The third-order valence-electron chi connectivity index (χ3n) is 2.48. The number of carbonyl (C=O) groups excluding carboxylic acids is 1. The average Bonchev–Trinajstić information content (AvgIpc) is 3.18. The lowest BCUT2D eigenvalue weighted by Crippen LogP contribution is -2.10. The van der Waals surface area contributed by atoms with Crippen LogP contribution in [0, 0.1) is 5.92 Å². The highest BCUT2D eigenvalue weighted by molar-refractivity contribution is 5.89. The molecule has 0 amide bonds. The van der Waals surface area contributed by atoms with E-state index in [1.165, 1.54) is 0 Å². The van der Waals surface area contributed by atoms with Gasteiger partial charge in [-0.15, -0.1) is 0 Å². The van der Waals surface area contributed by atoms with Gasteiger partial charge in [0.1, 0.15) is 18.5 Å². The first kappa shape index (κ1) is 12.9. The molecule has 1 aliphatic heterocycles. The summed E-state index contributed by atoms with van der Waals surface area (Å²) in [6.45, 7) is 5.79. The molecule has 1 fully saturated rings. The third-order valence-corrected chi connectivity index (χ3v) is 2.48. The molecule has 0 bridgehead atoms. The lowest BCUT2D eigenvalue weighted by atomic mass is 10.2. The van der Waals surface area contributed by atoms with Crippen LogP contribution in [0.25, 0.3) is 0 Å². The minimum absolute atomic E-state index is 0.237. The van der Waals surface area contributed by atoms with Gasteiger partial charge in [0, 0.05) is 0 Å². The first-order chi connectivity index (χ1) is 8.65. The fourth-order valence-electron chi connectivity index (χ4n) is 1.37. The Labute approximate surface area is 107 Å². The van der Waals surface area contributed by atoms with E-state index >= 15 is 0 Å². The molecule has 0 saturated carbocycles. The molecule has 1 aromatic rings. The van der Waals surface area contributed by atoms with Crippen molar-refractivity contribution in [2.24, 2.45) is 5.92 Å². The smallest absolute Gasteiger partial charge is 0.338 e. The first-order valence-electron chi connectivity index (χ1n) is 6.16. The van der Waals surface area contributed by atoms with E-state index in [4.69, 9.17) is 14.2 Å². The summed E-state index contributed by atoms with van der Waals surface area (Å²) in [7, 11) is 0. The van der Waals surface area contributed by atoms with Gasteiger partial charge in [-0.25, -0.2) is 4.79 Å². The minimum atomic E-state index is -0.291. The molecule has 0 radical (unpaired) electrons. The molecule has 0 aromatic heterocycles. The van der Waals surface area contributed by atoms with Crippen LogP contribution in [0.5, 0.6) is 5.75 Å². The van der Waals surface area contributed by atoms with E-state index in [1.54, 1.807) is 24.3 Å². The molecule has 1 atom stereocenters. The number of hydrogen-bond acceptors (Lipinski definition) is 4. The molecule has 0 N–H and O–H groups in total. The van der Waals surface area contributed by atoms with Crippen molar-refractivity contribution in [3.63, 3.8) is 0 Å². The normalized spacial score (nSPS) is 17.6. The van der Waals surface area contributed by atoms with Gasteiger partial charge in [0.2, 0.25) is 0 Å². The second-order valence-corrected chi connectivity index (χ2v) is 4.78. The van der Waals surface area contributed by atoms with Gasteiger partial charge in [0.15, 0.2) is 0 Å². The largest absolute Gasteiger partial charge is 0.491 e. The Hall–Kier alpha value is -1.55. The topological polar surface area (TPSA) is 48.1 Å². The van der Waals surface area contributed by atoms with Gasteiger partial charge in [-0.1, -0.05) is 13.8 Å². The highest BCUT2D eigenvalue weighted by atomic mass is 16.6. The van der Waals surface area contributed by atoms with Gasteiger partial charge in [-0.05, 0) is 30.2 Å². The number of benzene rings is 1. The summed E-state index contributed by atoms with van der Waals surface area (Å²) in [6.07, 6.45) is 0.237. The second-order valence-electron chi connectivity index (χ2n) is 4.78. The van der Waals surface area contributed by atoms with Crippen molar-refractivity contribution >= 4 is 5.97 Å². The molecule has 1 heterocycles. The van der Waals surface area contributed by atoms with Crippen LogP contribution >= 0.6 is 0 Å². The number of epoxide rings is 1. The second kappa shape index (κ2) is 5.87. The predicted octanol–water partition coefficient (Wildman–Crippen LogP) is 2.28. The summed E-state index contributed by atoms with van der Waals surface area (Å²) < 4.78 is 15.7. The zero-order chi connectivity index (χ0) is 13.0. The molecule has 4 heteroatoms. The van der Waals surface area contributed by atoms with Gasteiger partial charge in [-0.3, -0.25) is 0 Å². The number of ether oxygens (including phenoxy) is 3. The predicted molar refractivity (Wildman–Crippen MR) is 66.8 cm³/mol. The van der Waals surface area contributed by atoms with E-state index in [-0.39, 0.29) is 12.1 Å². The van der Waals surface area contributed by atoms with Crippen LogP contribution in [-0.4, -0.2) is 31.9 Å². The SMILES string of the molecule is CC(C)COC(=O)c1ccc(OC[C@H]2CO2)cc1. The van der Waals surface area contributed by atoms with Gasteiger partial charge >= 0.3 is 5.97 Å². The van der Waals surface area contributed by atoms with E-state index in [2.05, 4.69) is 0 Å². The lowest BCUT2D eigenvalue weighted by molar-refractivity contribution is 0.0459. The summed E-state index contributed by atoms with van der Waals surface area (Å²) in [5.41, 5.74) is 0.547.